The van der Waals surface area contributed by atoms with Crippen molar-refractivity contribution in [3.8, 4) is 5.69 Å². The summed E-state index contributed by atoms with van der Waals surface area (Å²) in [6, 6.07) is 8.28. The minimum atomic E-state index is 0.756. The highest BCUT2D eigenvalue weighted by molar-refractivity contribution is 5.88. The van der Waals surface area contributed by atoms with Gasteiger partial charge in [-0.1, -0.05) is 18.2 Å². The Bertz CT molecular complexity index is 635. The van der Waals surface area contributed by atoms with E-state index in [4.69, 9.17) is 0 Å². The highest BCUT2D eigenvalue weighted by Gasteiger charge is 2.08. The van der Waals surface area contributed by atoms with E-state index < -0.39 is 0 Å². The SMILES string of the molecule is CNCc1nccn1-c1c[nH]c2ccccc12. The number of fused-ring (bicyclic) bond motifs is 1. The summed E-state index contributed by atoms with van der Waals surface area (Å²) < 4.78 is 2.11. The van der Waals surface area contributed by atoms with Gasteiger partial charge in [0.15, 0.2) is 0 Å². The number of para-hydroxylation sites is 1. The molecule has 0 amide bonds. The van der Waals surface area contributed by atoms with E-state index in [2.05, 4.69) is 32.0 Å². The van der Waals surface area contributed by atoms with Crippen LogP contribution in [0.1, 0.15) is 5.82 Å². The van der Waals surface area contributed by atoms with Crippen LogP contribution in [0.15, 0.2) is 42.9 Å². The number of nitrogens with zero attached hydrogens (tertiary/aromatic N) is 2. The van der Waals surface area contributed by atoms with Crippen molar-refractivity contribution in [2.45, 2.75) is 6.54 Å². The topological polar surface area (TPSA) is 45.6 Å². The summed E-state index contributed by atoms with van der Waals surface area (Å²) in [7, 11) is 1.92. The van der Waals surface area contributed by atoms with Gasteiger partial charge in [0.2, 0.25) is 0 Å². The number of hydrogen-bond acceptors (Lipinski definition) is 2. The Kier molecular flexibility index (Phi) is 2.42. The van der Waals surface area contributed by atoms with Crippen LogP contribution in [0.5, 0.6) is 0 Å². The molecule has 0 radical (unpaired) electrons. The predicted molar refractivity (Wildman–Crippen MR) is 68.2 cm³/mol. The molecule has 0 aliphatic rings. The largest absolute Gasteiger partial charge is 0.359 e. The summed E-state index contributed by atoms with van der Waals surface area (Å²) in [5.41, 5.74) is 2.29. The monoisotopic (exact) mass is 226 g/mol. The van der Waals surface area contributed by atoms with Gasteiger partial charge < -0.3 is 14.9 Å². The first kappa shape index (κ1) is 10.1. The first-order chi connectivity index (χ1) is 8.40. The molecule has 4 heteroatoms. The number of hydrogen-bond donors (Lipinski definition) is 2. The first-order valence-corrected chi connectivity index (χ1v) is 5.63. The zero-order valence-electron chi connectivity index (χ0n) is 9.64. The van der Waals surface area contributed by atoms with Crippen molar-refractivity contribution < 1.29 is 0 Å². The third-order valence-electron chi connectivity index (χ3n) is 2.88. The van der Waals surface area contributed by atoms with Gasteiger partial charge in [-0.2, -0.15) is 0 Å². The average molecular weight is 226 g/mol. The molecule has 0 atom stereocenters. The van der Waals surface area contributed by atoms with E-state index in [1.165, 1.54) is 5.39 Å². The number of aromatic amines is 1. The molecule has 4 nitrogen and oxygen atoms in total. The van der Waals surface area contributed by atoms with Gasteiger partial charge in [0.25, 0.3) is 0 Å². The van der Waals surface area contributed by atoms with E-state index >= 15 is 0 Å². The van der Waals surface area contributed by atoms with Crippen molar-refractivity contribution in [1.82, 2.24) is 19.9 Å². The third kappa shape index (κ3) is 1.62. The third-order valence-corrected chi connectivity index (χ3v) is 2.88. The highest BCUT2D eigenvalue weighted by atomic mass is 15.1. The Morgan fingerprint density at radius 3 is 3.12 bits per heavy atom. The lowest BCUT2D eigenvalue weighted by molar-refractivity contribution is 0.743. The van der Waals surface area contributed by atoms with E-state index in [1.54, 1.807) is 0 Å². The van der Waals surface area contributed by atoms with E-state index in [1.807, 2.05) is 37.8 Å². The second-order valence-electron chi connectivity index (χ2n) is 3.96. The first-order valence-electron chi connectivity index (χ1n) is 5.63. The van der Waals surface area contributed by atoms with Crippen molar-refractivity contribution in [3.63, 3.8) is 0 Å². The van der Waals surface area contributed by atoms with Crippen LogP contribution < -0.4 is 5.32 Å². The molecule has 0 unspecified atom stereocenters. The van der Waals surface area contributed by atoms with Gasteiger partial charge in [-0.25, -0.2) is 4.98 Å². The van der Waals surface area contributed by atoms with Gasteiger partial charge in [0.1, 0.15) is 5.82 Å². The summed E-state index contributed by atoms with van der Waals surface area (Å²) in [5, 5.41) is 4.34. The summed E-state index contributed by atoms with van der Waals surface area (Å²) in [4.78, 5) is 7.63. The molecule has 0 bridgehead atoms. The minimum absolute atomic E-state index is 0.756. The van der Waals surface area contributed by atoms with Crippen LogP contribution in [0.25, 0.3) is 16.6 Å². The molecule has 0 saturated heterocycles. The fourth-order valence-corrected chi connectivity index (χ4v) is 2.10. The van der Waals surface area contributed by atoms with E-state index in [-0.39, 0.29) is 0 Å². The van der Waals surface area contributed by atoms with Gasteiger partial charge in [-0.3, -0.25) is 0 Å². The smallest absolute Gasteiger partial charge is 0.127 e. The molecule has 3 aromatic rings. The molecular weight excluding hydrogens is 212 g/mol. The summed E-state index contributed by atoms with van der Waals surface area (Å²) in [5.74, 6) is 1.01. The van der Waals surface area contributed by atoms with Gasteiger partial charge in [0, 0.05) is 29.5 Å². The summed E-state index contributed by atoms with van der Waals surface area (Å²) >= 11 is 0. The number of benzene rings is 1. The quantitative estimate of drug-likeness (QED) is 0.718. The maximum atomic E-state index is 4.36. The molecule has 0 aliphatic carbocycles. The minimum Gasteiger partial charge on any atom is -0.359 e. The summed E-state index contributed by atoms with van der Waals surface area (Å²) in [6.45, 7) is 0.756. The average Bonchev–Trinajstić information content (AvgIpc) is 2.95. The Labute approximate surface area is 99.3 Å². The Morgan fingerprint density at radius 2 is 2.24 bits per heavy atom. The number of rotatable bonds is 3. The Hall–Kier alpha value is -2.07. The molecular formula is C13H14N4. The molecule has 2 aromatic heterocycles. The fraction of sp³-hybridized carbons (Fsp3) is 0.154. The number of imidazole rings is 1. The molecule has 0 saturated carbocycles. The van der Waals surface area contributed by atoms with Crippen LogP contribution in [-0.4, -0.2) is 21.6 Å². The molecule has 3 rings (SSSR count). The number of H-pyrrole nitrogens is 1. The molecule has 2 heterocycles. The number of aromatic nitrogens is 3. The second kappa shape index (κ2) is 4.07. The molecule has 0 aliphatic heterocycles. The van der Waals surface area contributed by atoms with Crippen molar-refractivity contribution in [2.24, 2.45) is 0 Å². The van der Waals surface area contributed by atoms with E-state index in [0.717, 1.165) is 23.6 Å². The van der Waals surface area contributed by atoms with Gasteiger partial charge in [-0.15, -0.1) is 0 Å². The van der Waals surface area contributed by atoms with Crippen LogP contribution in [0.4, 0.5) is 0 Å². The molecule has 0 spiro atoms. The van der Waals surface area contributed by atoms with E-state index in [0.29, 0.717) is 0 Å². The second-order valence-corrected chi connectivity index (χ2v) is 3.96. The summed E-state index contributed by atoms with van der Waals surface area (Å²) in [6.07, 6.45) is 5.84. The van der Waals surface area contributed by atoms with Crippen molar-refractivity contribution in [1.29, 1.82) is 0 Å². The molecule has 86 valence electrons. The van der Waals surface area contributed by atoms with Crippen LogP contribution >= 0.6 is 0 Å². The molecule has 0 fully saturated rings. The predicted octanol–water partition coefficient (Wildman–Crippen LogP) is 2.07. The van der Waals surface area contributed by atoms with Crippen LogP contribution in [0, 0.1) is 0 Å². The Balaban J connectivity index is 2.17. The maximum Gasteiger partial charge on any atom is 0.127 e. The molecule has 1 aromatic carbocycles. The van der Waals surface area contributed by atoms with Gasteiger partial charge in [-0.05, 0) is 13.1 Å². The lowest BCUT2D eigenvalue weighted by atomic mass is 10.2. The van der Waals surface area contributed by atoms with Crippen molar-refractivity contribution >= 4 is 10.9 Å². The van der Waals surface area contributed by atoms with Gasteiger partial charge in [0.05, 0.1) is 12.2 Å². The normalized spacial score (nSPS) is 11.1. The standard InChI is InChI=1S/C13H14N4/c1-14-9-13-15-6-7-17(13)12-8-16-11-5-3-2-4-10(11)12/h2-8,14,16H,9H2,1H3. The van der Waals surface area contributed by atoms with Crippen LogP contribution in [0.2, 0.25) is 0 Å². The molecule has 2 N–H and O–H groups in total. The van der Waals surface area contributed by atoms with Crippen LogP contribution in [-0.2, 0) is 6.54 Å². The van der Waals surface area contributed by atoms with E-state index in [9.17, 15) is 0 Å². The molecule has 17 heavy (non-hydrogen) atoms. The van der Waals surface area contributed by atoms with Gasteiger partial charge >= 0.3 is 0 Å². The van der Waals surface area contributed by atoms with Crippen LogP contribution in [0.3, 0.4) is 0 Å². The number of nitrogens with one attached hydrogen (secondary N) is 2. The zero-order chi connectivity index (χ0) is 11.7. The van der Waals surface area contributed by atoms with Crippen molar-refractivity contribution in [2.75, 3.05) is 7.05 Å². The highest BCUT2D eigenvalue weighted by Crippen LogP contribution is 2.22. The fourth-order valence-electron chi connectivity index (χ4n) is 2.10. The zero-order valence-corrected chi connectivity index (χ0v) is 9.64. The Morgan fingerprint density at radius 1 is 1.35 bits per heavy atom. The van der Waals surface area contributed by atoms with Crippen molar-refractivity contribution in [3.05, 3.63) is 48.7 Å². The lowest BCUT2D eigenvalue weighted by Gasteiger charge is -2.05. The maximum absolute atomic E-state index is 4.36. The lowest BCUT2D eigenvalue weighted by Crippen LogP contribution is -2.10.